The second-order valence-electron chi connectivity index (χ2n) is 4.40. The Hall–Kier alpha value is -1.36. The highest BCUT2D eigenvalue weighted by Crippen LogP contribution is 2.31. The van der Waals surface area contributed by atoms with Crippen LogP contribution in [0.2, 0.25) is 0 Å². The predicted molar refractivity (Wildman–Crippen MR) is 59.2 cm³/mol. The summed E-state index contributed by atoms with van der Waals surface area (Å²) in [5, 5.41) is 9.18. The zero-order valence-electron chi connectivity index (χ0n) is 9.06. The van der Waals surface area contributed by atoms with Crippen LogP contribution in [-0.4, -0.2) is 21.3 Å². The molecule has 2 atom stereocenters. The minimum absolute atomic E-state index is 0.183. The van der Waals surface area contributed by atoms with Gasteiger partial charge in [-0.1, -0.05) is 6.42 Å². The molecule has 0 spiro atoms. The number of aromatic amines is 1. The van der Waals surface area contributed by atoms with Crippen molar-refractivity contribution in [1.82, 2.24) is 9.55 Å². The molecular weight excluding hydrogens is 208 g/mol. The Morgan fingerprint density at radius 3 is 2.81 bits per heavy atom. The van der Waals surface area contributed by atoms with Gasteiger partial charge in [-0.2, -0.15) is 0 Å². The van der Waals surface area contributed by atoms with E-state index in [0.717, 1.165) is 19.3 Å². The van der Waals surface area contributed by atoms with Crippen LogP contribution < -0.4 is 11.2 Å². The fourth-order valence-corrected chi connectivity index (χ4v) is 2.43. The molecule has 1 saturated carbocycles. The summed E-state index contributed by atoms with van der Waals surface area (Å²) in [6, 6.07) is 1.35. The maximum absolute atomic E-state index is 11.5. The highest BCUT2D eigenvalue weighted by molar-refractivity contribution is 4.85. The Labute approximate surface area is 92.7 Å². The zero-order valence-corrected chi connectivity index (χ0v) is 9.06. The van der Waals surface area contributed by atoms with Crippen molar-refractivity contribution in [3.05, 3.63) is 33.1 Å². The quantitative estimate of drug-likeness (QED) is 0.755. The molecule has 1 aliphatic carbocycles. The van der Waals surface area contributed by atoms with Crippen LogP contribution in [-0.2, 0) is 6.54 Å². The maximum Gasteiger partial charge on any atom is 0.328 e. The second-order valence-corrected chi connectivity index (χ2v) is 4.40. The monoisotopic (exact) mass is 224 g/mol. The summed E-state index contributed by atoms with van der Waals surface area (Å²) < 4.78 is 1.51. The molecule has 1 heterocycles. The van der Waals surface area contributed by atoms with Crippen LogP contribution in [0, 0.1) is 11.8 Å². The molecule has 5 nitrogen and oxygen atoms in total. The Morgan fingerprint density at radius 1 is 1.38 bits per heavy atom. The smallest absolute Gasteiger partial charge is 0.328 e. The van der Waals surface area contributed by atoms with Gasteiger partial charge in [0.15, 0.2) is 0 Å². The average Bonchev–Trinajstić information content (AvgIpc) is 2.69. The van der Waals surface area contributed by atoms with Gasteiger partial charge in [-0.15, -0.1) is 0 Å². The summed E-state index contributed by atoms with van der Waals surface area (Å²) in [5.74, 6) is 0.632. The minimum atomic E-state index is -0.369. The van der Waals surface area contributed by atoms with Crippen LogP contribution >= 0.6 is 0 Å². The fourth-order valence-electron chi connectivity index (χ4n) is 2.43. The van der Waals surface area contributed by atoms with Gasteiger partial charge in [0, 0.05) is 25.4 Å². The van der Waals surface area contributed by atoms with Crippen LogP contribution in [0.3, 0.4) is 0 Å². The van der Waals surface area contributed by atoms with Gasteiger partial charge in [0.1, 0.15) is 0 Å². The van der Waals surface area contributed by atoms with Gasteiger partial charge in [0.2, 0.25) is 0 Å². The van der Waals surface area contributed by atoms with Crippen LogP contribution in [0.15, 0.2) is 21.9 Å². The predicted octanol–water partition coefficient (Wildman–Crippen LogP) is -0.0548. The van der Waals surface area contributed by atoms with Crippen molar-refractivity contribution >= 4 is 0 Å². The lowest BCUT2D eigenvalue weighted by atomic mass is 9.97. The summed E-state index contributed by atoms with van der Waals surface area (Å²) >= 11 is 0. The topological polar surface area (TPSA) is 75.1 Å². The molecule has 0 amide bonds. The molecule has 0 aromatic carbocycles. The molecule has 1 aliphatic rings. The molecule has 5 heteroatoms. The molecule has 1 aromatic rings. The average molecular weight is 224 g/mol. The number of hydrogen-bond donors (Lipinski definition) is 2. The van der Waals surface area contributed by atoms with Crippen LogP contribution in [0.25, 0.3) is 0 Å². The van der Waals surface area contributed by atoms with E-state index in [2.05, 4.69) is 4.98 Å². The number of nitrogens with zero attached hydrogens (tertiary/aromatic N) is 1. The Balaban J connectivity index is 2.14. The summed E-state index contributed by atoms with van der Waals surface area (Å²) in [4.78, 5) is 24.6. The van der Waals surface area contributed by atoms with Crippen LogP contribution in [0.1, 0.15) is 19.3 Å². The van der Waals surface area contributed by atoms with Crippen molar-refractivity contribution in [2.24, 2.45) is 11.8 Å². The van der Waals surface area contributed by atoms with E-state index in [0.29, 0.717) is 18.4 Å². The van der Waals surface area contributed by atoms with E-state index in [-0.39, 0.29) is 17.9 Å². The number of H-pyrrole nitrogens is 1. The molecule has 1 fully saturated rings. The van der Waals surface area contributed by atoms with Gasteiger partial charge in [-0.05, 0) is 24.7 Å². The van der Waals surface area contributed by atoms with Crippen LogP contribution in [0.5, 0.6) is 0 Å². The number of rotatable bonds is 3. The molecule has 2 N–H and O–H groups in total. The number of hydrogen-bond acceptors (Lipinski definition) is 3. The summed E-state index contributed by atoms with van der Waals surface area (Å²) in [6.07, 6.45) is 4.69. The molecular formula is C11H16N2O3. The van der Waals surface area contributed by atoms with E-state index in [1.165, 1.54) is 16.8 Å². The van der Waals surface area contributed by atoms with E-state index in [1.807, 2.05) is 0 Å². The number of aliphatic hydroxyl groups is 1. The molecule has 88 valence electrons. The Morgan fingerprint density at radius 2 is 2.12 bits per heavy atom. The highest BCUT2D eigenvalue weighted by atomic mass is 16.3. The minimum Gasteiger partial charge on any atom is -0.396 e. The van der Waals surface area contributed by atoms with Crippen LogP contribution in [0.4, 0.5) is 0 Å². The third-order valence-electron chi connectivity index (χ3n) is 3.38. The van der Waals surface area contributed by atoms with Gasteiger partial charge in [0.05, 0.1) is 0 Å². The van der Waals surface area contributed by atoms with E-state index in [9.17, 15) is 14.7 Å². The Bertz CT molecular complexity index is 463. The van der Waals surface area contributed by atoms with E-state index >= 15 is 0 Å². The molecule has 0 aliphatic heterocycles. The van der Waals surface area contributed by atoms with E-state index < -0.39 is 0 Å². The highest BCUT2D eigenvalue weighted by Gasteiger charge is 2.26. The van der Waals surface area contributed by atoms with Gasteiger partial charge < -0.3 is 9.67 Å². The summed E-state index contributed by atoms with van der Waals surface area (Å²) in [7, 11) is 0. The summed E-state index contributed by atoms with van der Waals surface area (Å²) in [6.45, 7) is 0.767. The molecule has 1 aromatic heterocycles. The molecule has 0 saturated heterocycles. The number of nitrogens with one attached hydrogen (secondary N) is 1. The fraction of sp³-hybridized carbons (Fsp3) is 0.636. The van der Waals surface area contributed by atoms with Gasteiger partial charge in [-0.3, -0.25) is 9.78 Å². The normalized spacial score (nSPS) is 24.8. The van der Waals surface area contributed by atoms with E-state index in [4.69, 9.17) is 0 Å². The largest absolute Gasteiger partial charge is 0.396 e. The first-order chi connectivity index (χ1) is 7.70. The van der Waals surface area contributed by atoms with Gasteiger partial charge >= 0.3 is 5.69 Å². The van der Waals surface area contributed by atoms with Crippen molar-refractivity contribution in [1.29, 1.82) is 0 Å². The summed E-state index contributed by atoms with van der Waals surface area (Å²) in [5.41, 5.74) is -0.734. The van der Waals surface area contributed by atoms with Crippen molar-refractivity contribution in [2.75, 3.05) is 6.61 Å². The molecule has 0 bridgehead atoms. The Kier molecular flexibility index (Phi) is 3.24. The van der Waals surface area contributed by atoms with Crippen molar-refractivity contribution in [3.8, 4) is 0 Å². The zero-order chi connectivity index (χ0) is 11.5. The first-order valence-electron chi connectivity index (χ1n) is 5.61. The first-order valence-corrected chi connectivity index (χ1v) is 5.61. The van der Waals surface area contributed by atoms with Crippen molar-refractivity contribution < 1.29 is 5.11 Å². The van der Waals surface area contributed by atoms with Gasteiger partial charge in [0.25, 0.3) is 5.56 Å². The molecule has 16 heavy (non-hydrogen) atoms. The standard InChI is InChI=1S/C11H16N2O3/c14-7-9-3-1-2-8(9)6-13-5-4-10(15)12-11(13)16/h4-5,8-9,14H,1-3,6-7H2,(H,12,15,16)/t8-,9-/m0/s1. The lowest BCUT2D eigenvalue weighted by molar-refractivity contribution is 0.183. The second kappa shape index (κ2) is 4.65. The molecule has 0 radical (unpaired) electrons. The first kappa shape index (κ1) is 11.1. The lowest BCUT2D eigenvalue weighted by Gasteiger charge is -2.17. The molecule has 2 rings (SSSR count). The number of aliphatic hydroxyl groups excluding tert-OH is 1. The van der Waals surface area contributed by atoms with Gasteiger partial charge in [-0.25, -0.2) is 4.79 Å². The van der Waals surface area contributed by atoms with E-state index in [1.54, 1.807) is 0 Å². The lowest BCUT2D eigenvalue weighted by Crippen LogP contribution is -2.31. The SMILES string of the molecule is O=c1ccn(C[C@@H]2CCC[C@H]2CO)c(=O)[nH]1. The van der Waals surface area contributed by atoms with Crippen molar-refractivity contribution in [2.45, 2.75) is 25.8 Å². The van der Waals surface area contributed by atoms with Crippen molar-refractivity contribution in [3.63, 3.8) is 0 Å². The third kappa shape index (κ3) is 2.24. The molecule has 0 unspecified atom stereocenters. The number of aromatic nitrogens is 2. The third-order valence-corrected chi connectivity index (χ3v) is 3.38. The maximum atomic E-state index is 11.5.